The Hall–Kier alpha value is -0.590. The van der Waals surface area contributed by atoms with E-state index in [1.54, 1.807) is 22.5 Å². The van der Waals surface area contributed by atoms with Crippen LogP contribution in [0.15, 0.2) is 27.6 Å². The zero-order valence-corrected chi connectivity index (χ0v) is 13.5. The monoisotopic (exact) mass is 346 g/mol. The Labute approximate surface area is 123 Å². The molecule has 2 N–H and O–H groups in total. The van der Waals surface area contributed by atoms with Gasteiger partial charge in [-0.1, -0.05) is 22.4 Å². The molecule has 2 rings (SSSR count). The molecule has 19 heavy (non-hydrogen) atoms. The number of anilines is 1. The molecule has 0 saturated carbocycles. The zero-order valence-electron chi connectivity index (χ0n) is 11.1. The van der Waals surface area contributed by atoms with Crippen LogP contribution in [0.2, 0.25) is 0 Å². The van der Waals surface area contributed by atoms with Crippen LogP contribution in [-0.2, 0) is 10.0 Å². The third-order valence-electron chi connectivity index (χ3n) is 3.64. The number of sulfonamides is 1. The Bertz CT molecular complexity index is 564. The first-order valence-electron chi connectivity index (χ1n) is 6.42. The minimum Gasteiger partial charge on any atom is -0.398 e. The van der Waals surface area contributed by atoms with Crippen LogP contribution in [-0.4, -0.2) is 24.8 Å². The van der Waals surface area contributed by atoms with Crippen molar-refractivity contribution in [2.75, 3.05) is 5.73 Å². The Morgan fingerprint density at radius 1 is 1.26 bits per heavy atom. The maximum Gasteiger partial charge on any atom is 0.245 e. The summed E-state index contributed by atoms with van der Waals surface area (Å²) in [6.45, 7) is 3.92. The molecule has 0 bridgehead atoms. The van der Waals surface area contributed by atoms with Crippen molar-refractivity contribution in [1.29, 1.82) is 0 Å². The summed E-state index contributed by atoms with van der Waals surface area (Å²) in [4.78, 5) is 0.205. The van der Waals surface area contributed by atoms with E-state index in [-0.39, 0.29) is 17.0 Å². The van der Waals surface area contributed by atoms with Gasteiger partial charge in [-0.25, -0.2) is 8.42 Å². The van der Waals surface area contributed by atoms with Crippen molar-refractivity contribution >= 4 is 31.6 Å². The van der Waals surface area contributed by atoms with Crippen molar-refractivity contribution in [2.45, 2.75) is 50.1 Å². The number of benzene rings is 1. The van der Waals surface area contributed by atoms with Crippen LogP contribution in [0.1, 0.15) is 33.1 Å². The first-order chi connectivity index (χ1) is 8.84. The molecular formula is C13H19BrN2O2S. The van der Waals surface area contributed by atoms with Crippen molar-refractivity contribution in [3.63, 3.8) is 0 Å². The maximum atomic E-state index is 12.8. The summed E-state index contributed by atoms with van der Waals surface area (Å²) in [6.07, 6.45) is 2.88. The summed E-state index contributed by atoms with van der Waals surface area (Å²) >= 11 is 3.29. The quantitative estimate of drug-likeness (QED) is 0.837. The SMILES string of the molecule is CC1CCCC(C)N1S(=O)(=O)c1ccc(Br)cc1N. The second-order valence-electron chi connectivity index (χ2n) is 5.15. The van der Waals surface area contributed by atoms with Crippen LogP contribution in [0.25, 0.3) is 0 Å². The van der Waals surface area contributed by atoms with E-state index in [0.717, 1.165) is 23.7 Å². The molecule has 106 valence electrons. The van der Waals surface area contributed by atoms with Gasteiger partial charge in [0.1, 0.15) is 4.90 Å². The largest absolute Gasteiger partial charge is 0.398 e. The number of halogens is 1. The molecule has 1 aromatic rings. The number of piperidine rings is 1. The number of nitrogens with two attached hydrogens (primary N) is 1. The molecule has 0 amide bonds. The van der Waals surface area contributed by atoms with Gasteiger partial charge in [-0.3, -0.25) is 0 Å². The topological polar surface area (TPSA) is 63.4 Å². The normalized spacial score (nSPS) is 25.4. The molecule has 0 radical (unpaired) electrons. The summed E-state index contributed by atoms with van der Waals surface area (Å²) in [5.41, 5.74) is 6.16. The van der Waals surface area contributed by atoms with Crippen molar-refractivity contribution in [3.05, 3.63) is 22.7 Å². The lowest BCUT2D eigenvalue weighted by molar-refractivity contribution is 0.204. The third-order valence-corrected chi connectivity index (χ3v) is 6.34. The molecule has 1 fully saturated rings. The smallest absolute Gasteiger partial charge is 0.245 e. The van der Waals surface area contributed by atoms with E-state index >= 15 is 0 Å². The Morgan fingerprint density at radius 3 is 2.37 bits per heavy atom. The summed E-state index contributed by atoms with van der Waals surface area (Å²) in [6, 6.07) is 4.96. The highest BCUT2D eigenvalue weighted by molar-refractivity contribution is 9.10. The second-order valence-corrected chi connectivity index (χ2v) is 7.87. The first-order valence-corrected chi connectivity index (χ1v) is 8.66. The van der Waals surface area contributed by atoms with Crippen molar-refractivity contribution in [1.82, 2.24) is 4.31 Å². The fraction of sp³-hybridized carbons (Fsp3) is 0.538. The average Bonchev–Trinajstić information content (AvgIpc) is 2.27. The van der Waals surface area contributed by atoms with Crippen LogP contribution in [0.4, 0.5) is 5.69 Å². The van der Waals surface area contributed by atoms with E-state index in [4.69, 9.17) is 5.73 Å². The van der Waals surface area contributed by atoms with Crippen molar-refractivity contribution < 1.29 is 8.42 Å². The van der Waals surface area contributed by atoms with Gasteiger partial charge in [0.05, 0.1) is 5.69 Å². The van der Waals surface area contributed by atoms with Crippen LogP contribution < -0.4 is 5.73 Å². The van der Waals surface area contributed by atoms with Crippen molar-refractivity contribution in [2.24, 2.45) is 0 Å². The van der Waals surface area contributed by atoms with Crippen LogP contribution in [0.3, 0.4) is 0 Å². The zero-order chi connectivity index (χ0) is 14.2. The molecule has 0 spiro atoms. The van der Waals surface area contributed by atoms with E-state index in [0.29, 0.717) is 5.69 Å². The van der Waals surface area contributed by atoms with Gasteiger partial charge in [0.2, 0.25) is 10.0 Å². The summed E-state index contributed by atoms with van der Waals surface area (Å²) in [7, 11) is -3.52. The average molecular weight is 347 g/mol. The summed E-state index contributed by atoms with van der Waals surface area (Å²) < 4.78 is 27.9. The molecular weight excluding hydrogens is 328 g/mol. The maximum absolute atomic E-state index is 12.8. The van der Waals surface area contributed by atoms with E-state index in [2.05, 4.69) is 15.9 Å². The van der Waals surface area contributed by atoms with Gasteiger partial charge in [0.15, 0.2) is 0 Å². The first kappa shape index (κ1) is 14.8. The van der Waals surface area contributed by atoms with Crippen molar-refractivity contribution in [3.8, 4) is 0 Å². The highest BCUT2D eigenvalue weighted by Crippen LogP contribution is 2.32. The fourth-order valence-electron chi connectivity index (χ4n) is 2.74. The summed E-state index contributed by atoms with van der Waals surface area (Å²) in [5, 5.41) is 0. The van der Waals surface area contributed by atoms with E-state index < -0.39 is 10.0 Å². The van der Waals surface area contributed by atoms with Crippen LogP contribution in [0.5, 0.6) is 0 Å². The Morgan fingerprint density at radius 2 is 1.84 bits per heavy atom. The van der Waals surface area contributed by atoms with Gasteiger partial charge in [-0.2, -0.15) is 4.31 Å². The molecule has 0 aromatic heterocycles. The Kier molecular flexibility index (Phi) is 4.23. The van der Waals surface area contributed by atoms with Crippen LogP contribution >= 0.6 is 15.9 Å². The van der Waals surface area contributed by atoms with Gasteiger partial charge < -0.3 is 5.73 Å². The van der Waals surface area contributed by atoms with Gasteiger partial charge >= 0.3 is 0 Å². The number of hydrogen-bond acceptors (Lipinski definition) is 3. The lowest BCUT2D eigenvalue weighted by Crippen LogP contribution is -2.47. The highest BCUT2D eigenvalue weighted by atomic mass is 79.9. The molecule has 6 heteroatoms. The standard InChI is InChI=1S/C13H19BrN2O2S/c1-9-4-3-5-10(2)16(9)19(17,18)13-7-6-11(14)8-12(13)15/h6-10H,3-5,15H2,1-2H3. The fourth-order valence-corrected chi connectivity index (χ4v) is 5.10. The molecule has 2 atom stereocenters. The molecule has 1 aliphatic heterocycles. The van der Waals surface area contributed by atoms with E-state index in [1.807, 2.05) is 13.8 Å². The lowest BCUT2D eigenvalue weighted by Gasteiger charge is -2.37. The van der Waals surface area contributed by atoms with Gasteiger partial charge in [0, 0.05) is 16.6 Å². The highest BCUT2D eigenvalue weighted by Gasteiger charge is 2.36. The Balaban J connectivity index is 2.46. The molecule has 2 unspecified atom stereocenters. The minimum atomic E-state index is -3.52. The molecule has 1 saturated heterocycles. The number of hydrogen-bond donors (Lipinski definition) is 1. The second kappa shape index (κ2) is 5.42. The minimum absolute atomic E-state index is 0.0248. The molecule has 4 nitrogen and oxygen atoms in total. The van der Waals surface area contributed by atoms with Gasteiger partial charge in [-0.15, -0.1) is 0 Å². The lowest BCUT2D eigenvalue weighted by atomic mass is 10.0. The molecule has 1 aliphatic rings. The summed E-state index contributed by atoms with van der Waals surface area (Å²) in [5.74, 6) is 0. The third kappa shape index (κ3) is 2.80. The number of nitrogens with zero attached hydrogens (tertiary/aromatic N) is 1. The predicted molar refractivity (Wildman–Crippen MR) is 80.4 cm³/mol. The van der Waals surface area contributed by atoms with Crippen LogP contribution in [0, 0.1) is 0 Å². The van der Waals surface area contributed by atoms with E-state index in [9.17, 15) is 8.42 Å². The molecule has 1 aromatic carbocycles. The number of rotatable bonds is 2. The van der Waals surface area contributed by atoms with E-state index in [1.165, 1.54) is 0 Å². The predicted octanol–water partition coefficient (Wildman–Crippen LogP) is 2.98. The molecule has 0 aliphatic carbocycles. The van der Waals surface area contributed by atoms with Gasteiger partial charge in [-0.05, 0) is 44.9 Å². The molecule has 1 heterocycles. The number of nitrogen functional groups attached to an aromatic ring is 1. The van der Waals surface area contributed by atoms with Gasteiger partial charge in [0.25, 0.3) is 0 Å².